The van der Waals surface area contributed by atoms with E-state index in [9.17, 15) is 9.59 Å². The number of carboxylic acid groups (broad SMARTS) is 1. The van der Waals surface area contributed by atoms with Crippen LogP contribution in [0, 0.1) is 10.8 Å². The van der Waals surface area contributed by atoms with E-state index in [1.807, 2.05) is 12.1 Å². The molecule has 2 unspecified atom stereocenters. The van der Waals surface area contributed by atoms with Crippen LogP contribution >= 0.6 is 0 Å². The number of rotatable bonds is 6. The van der Waals surface area contributed by atoms with E-state index in [4.69, 9.17) is 5.11 Å². The van der Waals surface area contributed by atoms with E-state index in [0.29, 0.717) is 22.4 Å². The van der Waals surface area contributed by atoms with Crippen molar-refractivity contribution in [2.75, 3.05) is 13.1 Å². The van der Waals surface area contributed by atoms with Gasteiger partial charge >= 0.3 is 5.97 Å². The highest BCUT2D eigenvalue weighted by atomic mass is 16.4. The lowest BCUT2D eigenvalue weighted by atomic mass is 9.65. The van der Waals surface area contributed by atoms with Gasteiger partial charge in [-0.15, -0.1) is 0 Å². The molecule has 6 heteroatoms. The molecule has 2 heterocycles. The number of carbonyl (C=O) groups is 2. The second-order valence-electron chi connectivity index (χ2n) is 10.2. The highest BCUT2D eigenvalue weighted by molar-refractivity contribution is 6.07. The first kappa shape index (κ1) is 20.5. The molecule has 1 aliphatic carbocycles. The van der Waals surface area contributed by atoms with Crippen LogP contribution in [0.25, 0.3) is 16.6 Å². The summed E-state index contributed by atoms with van der Waals surface area (Å²) in [5.41, 5.74) is 4.11. The van der Waals surface area contributed by atoms with Gasteiger partial charge in [-0.05, 0) is 47.8 Å². The van der Waals surface area contributed by atoms with Gasteiger partial charge in [-0.2, -0.15) is 0 Å². The predicted molar refractivity (Wildman–Crippen MR) is 118 cm³/mol. The lowest BCUT2D eigenvalue weighted by molar-refractivity contribution is -0.136. The highest BCUT2D eigenvalue weighted by Crippen LogP contribution is 2.54. The van der Waals surface area contributed by atoms with Crippen molar-refractivity contribution in [2.24, 2.45) is 10.8 Å². The Morgan fingerprint density at radius 1 is 1.30 bits per heavy atom. The fourth-order valence-electron chi connectivity index (χ4n) is 5.81. The number of fused-ring (bicyclic) bond motifs is 3. The average Bonchev–Trinajstić information content (AvgIpc) is 3.17. The molecule has 2 atom stereocenters. The molecule has 2 bridgehead atoms. The Bertz CT molecular complexity index is 1020. The molecule has 6 nitrogen and oxygen atoms in total. The molecule has 0 radical (unpaired) electrons. The number of carbonyl (C=O) groups excluding carboxylic acids is 1. The van der Waals surface area contributed by atoms with Crippen molar-refractivity contribution in [3.63, 3.8) is 0 Å². The first-order chi connectivity index (χ1) is 14.1. The van der Waals surface area contributed by atoms with Crippen molar-refractivity contribution in [3.05, 3.63) is 42.1 Å². The molecule has 0 spiro atoms. The predicted octanol–water partition coefficient (Wildman–Crippen LogP) is 4.24. The zero-order valence-electron chi connectivity index (χ0n) is 18.0. The molecule has 2 aromatic rings. The van der Waals surface area contributed by atoms with Gasteiger partial charge in [0.05, 0.1) is 12.0 Å². The molecule has 1 aliphatic heterocycles. The summed E-state index contributed by atoms with van der Waals surface area (Å²) in [4.78, 5) is 28.8. The number of nitrogens with zero attached hydrogens (tertiary/aromatic N) is 1. The quantitative estimate of drug-likeness (QED) is 0.666. The summed E-state index contributed by atoms with van der Waals surface area (Å²) in [6.07, 6.45) is 5.20. The third-order valence-electron chi connectivity index (χ3n) is 6.65. The Morgan fingerprint density at radius 3 is 2.80 bits per heavy atom. The number of amides is 1. The van der Waals surface area contributed by atoms with E-state index in [1.54, 1.807) is 6.20 Å². The van der Waals surface area contributed by atoms with E-state index in [1.165, 1.54) is 19.3 Å². The van der Waals surface area contributed by atoms with Gasteiger partial charge in [0, 0.05) is 41.9 Å². The summed E-state index contributed by atoms with van der Waals surface area (Å²) in [6, 6.07) is 6.57. The van der Waals surface area contributed by atoms with Crippen molar-refractivity contribution in [2.45, 2.75) is 52.5 Å². The largest absolute Gasteiger partial charge is 0.481 e. The summed E-state index contributed by atoms with van der Waals surface area (Å²) in [5, 5.41) is 12.3. The molecule has 160 valence electrons. The van der Waals surface area contributed by atoms with Gasteiger partial charge in [0.1, 0.15) is 0 Å². The second kappa shape index (κ2) is 7.18. The summed E-state index contributed by atoms with van der Waals surface area (Å²) in [5.74, 6) is -1.20. The zero-order chi connectivity index (χ0) is 21.7. The van der Waals surface area contributed by atoms with Gasteiger partial charge in [-0.25, -0.2) is 0 Å². The van der Waals surface area contributed by atoms with E-state index < -0.39 is 5.97 Å². The standard InChI is InChI=1S/C24H31N3O3/c1-15(27-14-24(4)11-17(27)10-23(2,3)13-24)16-5-6-20-18(9-16)19(12-26-20)22(30)25-8-7-21(28)29/h5-6,9,12,17,26H,1,7-8,10-11,13-14H2,2-4H3,(H,25,30)(H,28,29). The number of aromatic amines is 1. The number of aliphatic carboxylic acids is 1. The van der Waals surface area contributed by atoms with E-state index in [2.05, 4.69) is 48.6 Å². The van der Waals surface area contributed by atoms with Crippen LogP contribution in [0.5, 0.6) is 0 Å². The number of benzene rings is 1. The molecular weight excluding hydrogens is 378 g/mol. The van der Waals surface area contributed by atoms with Gasteiger partial charge in [-0.3, -0.25) is 9.59 Å². The van der Waals surface area contributed by atoms with Gasteiger partial charge in [-0.1, -0.05) is 33.4 Å². The van der Waals surface area contributed by atoms with Crippen LogP contribution in [0.15, 0.2) is 31.0 Å². The van der Waals surface area contributed by atoms with Crippen molar-refractivity contribution in [1.29, 1.82) is 0 Å². The second-order valence-corrected chi connectivity index (χ2v) is 10.2. The molecule has 1 saturated carbocycles. The number of nitrogens with one attached hydrogen (secondary N) is 2. The molecule has 3 N–H and O–H groups in total. The molecule has 1 aromatic carbocycles. The Morgan fingerprint density at radius 2 is 2.07 bits per heavy atom. The van der Waals surface area contributed by atoms with Crippen molar-refractivity contribution < 1.29 is 14.7 Å². The zero-order valence-corrected chi connectivity index (χ0v) is 18.0. The van der Waals surface area contributed by atoms with Crippen molar-refractivity contribution in [3.8, 4) is 0 Å². The maximum Gasteiger partial charge on any atom is 0.305 e. The molecular formula is C24H31N3O3. The third kappa shape index (κ3) is 3.83. The lowest BCUT2D eigenvalue weighted by Crippen LogP contribution is -2.34. The smallest absolute Gasteiger partial charge is 0.305 e. The Hall–Kier alpha value is -2.76. The fourth-order valence-corrected chi connectivity index (χ4v) is 5.81. The van der Waals surface area contributed by atoms with E-state index >= 15 is 0 Å². The van der Waals surface area contributed by atoms with E-state index in [-0.39, 0.29) is 18.9 Å². The van der Waals surface area contributed by atoms with Crippen LogP contribution in [-0.4, -0.2) is 46.0 Å². The van der Waals surface area contributed by atoms with Gasteiger partial charge in [0.2, 0.25) is 0 Å². The minimum Gasteiger partial charge on any atom is -0.481 e. The molecule has 1 amide bonds. The molecule has 2 aliphatic rings. The van der Waals surface area contributed by atoms with Crippen LogP contribution < -0.4 is 5.32 Å². The Kier molecular flexibility index (Phi) is 4.91. The van der Waals surface area contributed by atoms with Crippen LogP contribution in [0.1, 0.15) is 62.4 Å². The van der Waals surface area contributed by atoms with Crippen molar-refractivity contribution >= 4 is 28.5 Å². The molecule has 30 heavy (non-hydrogen) atoms. The number of hydrogen-bond acceptors (Lipinski definition) is 3. The Labute approximate surface area is 177 Å². The van der Waals surface area contributed by atoms with Crippen LogP contribution in [0.4, 0.5) is 0 Å². The normalized spacial score (nSPS) is 24.8. The SMILES string of the molecule is C=C(c1ccc2[nH]cc(C(=O)NCCC(=O)O)c2c1)N1CC2(C)CC1CC(C)(C)C2. The first-order valence-corrected chi connectivity index (χ1v) is 10.6. The third-order valence-corrected chi connectivity index (χ3v) is 6.65. The number of hydrogen-bond donors (Lipinski definition) is 3. The maximum atomic E-state index is 12.5. The summed E-state index contributed by atoms with van der Waals surface area (Å²) in [7, 11) is 0. The highest BCUT2D eigenvalue weighted by Gasteiger charge is 2.49. The van der Waals surface area contributed by atoms with Gasteiger partial charge < -0.3 is 20.3 Å². The topological polar surface area (TPSA) is 85.4 Å². The number of aromatic nitrogens is 1. The molecule has 4 rings (SSSR count). The van der Waals surface area contributed by atoms with Crippen LogP contribution in [-0.2, 0) is 4.79 Å². The minimum absolute atomic E-state index is 0.0956. The van der Waals surface area contributed by atoms with Gasteiger partial charge in [0.25, 0.3) is 5.91 Å². The average molecular weight is 410 g/mol. The van der Waals surface area contributed by atoms with Crippen molar-refractivity contribution in [1.82, 2.24) is 15.2 Å². The minimum atomic E-state index is -0.930. The molecule has 1 saturated heterocycles. The lowest BCUT2D eigenvalue weighted by Gasteiger charge is -2.39. The van der Waals surface area contributed by atoms with Gasteiger partial charge in [0.15, 0.2) is 0 Å². The number of H-pyrrole nitrogens is 1. The maximum absolute atomic E-state index is 12.5. The number of likely N-dealkylation sites (tertiary alicyclic amines) is 1. The number of carboxylic acids is 1. The monoisotopic (exact) mass is 409 g/mol. The summed E-state index contributed by atoms with van der Waals surface area (Å²) >= 11 is 0. The summed E-state index contributed by atoms with van der Waals surface area (Å²) in [6.45, 7) is 12.7. The molecule has 2 fully saturated rings. The summed E-state index contributed by atoms with van der Waals surface area (Å²) < 4.78 is 0. The molecule has 1 aromatic heterocycles. The fraction of sp³-hybridized carbons (Fsp3) is 0.500. The Balaban J connectivity index is 1.57. The van der Waals surface area contributed by atoms with E-state index in [0.717, 1.165) is 28.7 Å². The van der Waals surface area contributed by atoms with Crippen LogP contribution in [0.3, 0.4) is 0 Å². The van der Waals surface area contributed by atoms with Crippen LogP contribution in [0.2, 0.25) is 0 Å². The first-order valence-electron chi connectivity index (χ1n) is 10.6.